The summed E-state index contributed by atoms with van der Waals surface area (Å²) in [5.74, 6) is 0.525. The monoisotopic (exact) mass is 297 g/mol. The molecule has 0 saturated carbocycles. The van der Waals surface area contributed by atoms with Crippen molar-refractivity contribution in [3.8, 4) is 5.75 Å². The Morgan fingerprint density at radius 3 is 2.29 bits per heavy atom. The molecule has 114 valence electrons. The molecule has 2 rings (SSSR count). The zero-order chi connectivity index (χ0) is 15.8. The van der Waals surface area contributed by atoms with Gasteiger partial charge in [-0.3, -0.25) is 0 Å². The highest BCUT2D eigenvalue weighted by Crippen LogP contribution is 2.35. The van der Waals surface area contributed by atoms with Gasteiger partial charge < -0.3 is 10.5 Å². The maximum absolute atomic E-state index is 12.9. The summed E-state index contributed by atoms with van der Waals surface area (Å²) in [7, 11) is 0. The smallest absolute Gasteiger partial charge is 0.407 e. The van der Waals surface area contributed by atoms with Crippen molar-refractivity contribution in [3.05, 3.63) is 42.0 Å². The topological polar surface area (TPSA) is 35.2 Å². The van der Waals surface area contributed by atoms with E-state index in [1.807, 2.05) is 20.8 Å². The first-order chi connectivity index (χ1) is 9.58. The summed E-state index contributed by atoms with van der Waals surface area (Å²) >= 11 is 0. The third-order valence-electron chi connectivity index (χ3n) is 3.00. The molecule has 2 aromatic carbocycles. The normalized spacial score (nSPS) is 14.2. The minimum Gasteiger partial charge on any atom is -0.488 e. The van der Waals surface area contributed by atoms with Gasteiger partial charge in [-0.15, -0.1) is 0 Å². The third kappa shape index (κ3) is 3.67. The molecule has 2 aromatic rings. The summed E-state index contributed by atoms with van der Waals surface area (Å²) in [5, 5.41) is 1.16. The lowest BCUT2D eigenvalue weighted by Crippen LogP contribution is -2.28. The van der Waals surface area contributed by atoms with Crippen molar-refractivity contribution in [2.45, 2.75) is 38.6 Å². The lowest BCUT2D eigenvalue weighted by molar-refractivity contribution is -0.148. The van der Waals surface area contributed by atoms with E-state index in [9.17, 15) is 13.2 Å². The van der Waals surface area contributed by atoms with Crippen LogP contribution in [0.25, 0.3) is 10.8 Å². The van der Waals surface area contributed by atoms with E-state index in [1.165, 1.54) is 6.07 Å². The lowest BCUT2D eigenvalue weighted by atomic mass is 9.98. The maximum atomic E-state index is 12.9. The second kappa shape index (κ2) is 5.22. The predicted molar refractivity (Wildman–Crippen MR) is 77.3 cm³/mol. The second-order valence-corrected chi connectivity index (χ2v) is 5.96. The Labute approximate surface area is 121 Å². The van der Waals surface area contributed by atoms with E-state index in [2.05, 4.69) is 0 Å². The van der Waals surface area contributed by atoms with Crippen molar-refractivity contribution < 1.29 is 17.9 Å². The van der Waals surface area contributed by atoms with Crippen LogP contribution >= 0.6 is 0 Å². The average molecular weight is 297 g/mol. The fourth-order valence-corrected chi connectivity index (χ4v) is 2.14. The Kier molecular flexibility index (Phi) is 3.89. The molecule has 0 fully saturated rings. The van der Waals surface area contributed by atoms with Crippen LogP contribution in [0.4, 0.5) is 13.2 Å². The molecule has 0 heterocycles. The first-order valence-corrected chi connectivity index (χ1v) is 6.62. The van der Waals surface area contributed by atoms with Gasteiger partial charge in [-0.25, -0.2) is 0 Å². The number of ether oxygens (including phenoxy) is 1. The van der Waals surface area contributed by atoms with Crippen molar-refractivity contribution in [2.24, 2.45) is 5.73 Å². The number of hydrogen-bond acceptors (Lipinski definition) is 2. The molecule has 21 heavy (non-hydrogen) atoms. The SMILES string of the molecule is CC(C)(C)Oc1ccc2cccc([C@H](N)C(F)(F)F)c2c1. The van der Waals surface area contributed by atoms with Crippen LogP contribution in [0.1, 0.15) is 32.4 Å². The molecule has 0 aliphatic heterocycles. The van der Waals surface area contributed by atoms with Gasteiger partial charge in [-0.2, -0.15) is 13.2 Å². The van der Waals surface area contributed by atoms with Crippen molar-refractivity contribution in [2.75, 3.05) is 0 Å². The van der Waals surface area contributed by atoms with Gasteiger partial charge >= 0.3 is 6.18 Å². The van der Waals surface area contributed by atoms with Crippen molar-refractivity contribution in [1.29, 1.82) is 0 Å². The van der Waals surface area contributed by atoms with Gasteiger partial charge in [0.1, 0.15) is 17.4 Å². The van der Waals surface area contributed by atoms with E-state index >= 15 is 0 Å². The van der Waals surface area contributed by atoms with Gasteiger partial charge in [0.15, 0.2) is 0 Å². The minimum atomic E-state index is -4.48. The molecular weight excluding hydrogens is 279 g/mol. The van der Waals surface area contributed by atoms with Crippen LogP contribution in [0.2, 0.25) is 0 Å². The van der Waals surface area contributed by atoms with E-state index in [1.54, 1.807) is 30.3 Å². The van der Waals surface area contributed by atoms with Crippen LogP contribution in [0, 0.1) is 0 Å². The first-order valence-electron chi connectivity index (χ1n) is 6.62. The van der Waals surface area contributed by atoms with Crippen LogP contribution < -0.4 is 10.5 Å². The van der Waals surface area contributed by atoms with E-state index in [0.29, 0.717) is 16.5 Å². The Morgan fingerprint density at radius 1 is 1.05 bits per heavy atom. The fourth-order valence-electron chi connectivity index (χ4n) is 2.14. The summed E-state index contributed by atoms with van der Waals surface area (Å²) in [6.07, 6.45) is -4.48. The molecule has 2 nitrogen and oxygen atoms in total. The number of benzene rings is 2. The van der Waals surface area contributed by atoms with Crippen LogP contribution in [-0.2, 0) is 0 Å². The van der Waals surface area contributed by atoms with Crippen molar-refractivity contribution >= 4 is 10.8 Å². The third-order valence-corrected chi connectivity index (χ3v) is 3.00. The fraction of sp³-hybridized carbons (Fsp3) is 0.375. The molecule has 0 saturated heterocycles. The van der Waals surface area contributed by atoms with Gasteiger partial charge in [-0.05, 0) is 49.2 Å². The summed E-state index contributed by atoms with van der Waals surface area (Å²) in [4.78, 5) is 0. The van der Waals surface area contributed by atoms with E-state index < -0.39 is 17.8 Å². The van der Waals surface area contributed by atoms with E-state index in [4.69, 9.17) is 10.5 Å². The van der Waals surface area contributed by atoms with Gasteiger partial charge in [0, 0.05) is 0 Å². The van der Waals surface area contributed by atoms with Crippen LogP contribution in [0.15, 0.2) is 36.4 Å². The van der Waals surface area contributed by atoms with Gasteiger partial charge in [-0.1, -0.05) is 24.3 Å². The Balaban J connectivity index is 2.54. The highest BCUT2D eigenvalue weighted by atomic mass is 19.4. The van der Waals surface area contributed by atoms with Crippen LogP contribution in [-0.4, -0.2) is 11.8 Å². The van der Waals surface area contributed by atoms with Gasteiger partial charge in [0.25, 0.3) is 0 Å². The molecule has 0 unspecified atom stereocenters. The molecule has 0 aliphatic carbocycles. The number of nitrogens with two attached hydrogens (primary N) is 1. The highest BCUT2D eigenvalue weighted by Gasteiger charge is 2.38. The Bertz CT molecular complexity index is 644. The summed E-state index contributed by atoms with van der Waals surface area (Å²) < 4.78 is 44.3. The van der Waals surface area contributed by atoms with E-state index in [0.717, 1.165) is 0 Å². The molecule has 5 heteroatoms. The predicted octanol–water partition coefficient (Wildman–Crippen LogP) is 4.58. The summed E-state index contributed by atoms with van der Waals surface area (Å²) in [6.45, 7) is 5.64. The number of hydrogen-bond donors (Lipinski definition) is 1. The van der Waals surface area contributed by atoms with E-state index in [-0.39, 0.29) is 5.56 Å². The molecule has 2 N–H and O–H groups in total. The molecule has 1 atom stereocenters. The Morgan fingerprint density at radius 2 is 1.71 bits per heavy atom. The summed E-state index contributed by atoms with van der Waals surface area (Å²) in [5.41, 5.74) is 4.98. The number of alkyl halides is 3. The molecule has 0 bridgehead atoms. The Hall–Kier alpha value is -1.75. The maximum Gasteiger partial charge on any atom is 0.407 e. The zero-order valence-electron chi connectivity index (χ0n) is 12.2. The van der Waals surface area contributed by atoms with Crippen molar-refractivity contribution in [3.63, 3.8) is 0 Å². The highest BCUT2D eigenvalue weighted by molar-refractivity contribution is 5.87. The first kappa shape index (κ1) is 15.6. The molecule has 0 amide bonds. The molecule has 0 radical (unpaired) electrons. The average Bonchev–Trinajstić information content (AvgIpc) is 2.34. The second-order valence-electron chi connectivity index (χ2n) is 5.96. The molecule has 0 aromatic heterocycles. The number of halogens is 3. The quantitative estimate of drug-likeness (QED) is 0.880. The van der Waals surface area contributed by atoms with Crippen molar-refractivity contribution in [1.82, 2.24) is 0 Å². The molecule has 0 aliphatic rings. The number of fused-ring (bicyclic) bond motifs is 1. The minimum absolute atomic E-state index is 0.0550. The van der Waals surface area contributed by atoms with Crippen LogP contribution in [0.5, 0.6) is 5.75 Å². The van der Waals surface area contributed by atoms with Gasteiger partial charge in [0.05, 0.1) is 0 Å². The summed E-state index contributed by atoms with van der Waals surface area (Å²) in [6, 6.07) is 7.82. The number of rotatable bonds is 2. The lowest BCUT2D eigenvalue weighted by Gasteiger charge is -2.22. The molecular formula is C16H18F3NO. The van der Waals surface area contributed by atoms with Gasteiger partial charge in [0.2, 0.25) is 0 Å². The standard InChI is InChI=1S/C16H18F3NO/c1-15(2,3)21-11-8-7-10-5-4-6-12(13(10)9-11)14(20)16(17,18)19/h4-9,14H,20H2,1-3H3/t14-/m0/s1. The largest absolute Gasteiger partial charge is 0.488 e. The zero-order valence-corrected chi connectivity index (χ0v) is 12.2. The molecule has 0 spiro atoms. The van der Waals surface area contributed by atoms with Crippen LogP contribution in [0.3, 0.4) is 0 Å².